The van der Waals surface area contributed by atoms with Crippen molar-refractivity contribution in [3.8, 4) is 0 Å². The molecule has 0 aromatic rings. The number of carbonyl (C=O) groups excluding carboxylic acids is 1. The van der Waals surface area contributed by atoms with E-state index in [4.69, 9.17) is 0 Å². The number of nitrogens with zero attached hydrogens (tertiary/aromatic N) is 2. The highest BCUT2D eigenvalue weighted by Crippen LogP contribution is 2.14. The van der Waals surface area contributed by atoms with Crippen LogP contribution in [-0.4, -0.2) is 21.9 Å². The number of amides is 1. The number of nitro groups is 1. The molecule has 0 N–H and O–H groups in total. The Balaban J connectivity index is 2.93. The summed E-state index contributed by atoms with van der Waals surface area (Å²) in [5.41, 5.74) is -0.176. The molecule has 5 nitrogen and oxygen atoms in total. The van der Waals surface area contributed by atoms with E-state index in [1.165, 1.54) is 6.21 Å². The van der Waals surface area contributed by atoms with Gasteiger partial charge < -0.3 is 0 Å². The third-order valence-corrected chi connectivity index (χ3v) is 1.80. The van der Waals surface area contributed by atoms with Gasteiger partial charge in [-0.15, -0.1) is 0 Å². The van der Waals surface area contributed by atoms with Crippen LogP contribution in [0.4, 0.5) is 0 Å². The highest BCUT2D eigenvalue weighted by atomic mass is 79.9. The standard InChI is InChI=1S/C5H3BrN2O3/c6-3-2-7-5(9)1-4(3)8(10)11/h1-3H. The summed E-state index contributed by atoms with van der Waals surface area (Å²) in [6.45, 7) is 0. The summed E-state index contributed by atoms with van der Waals surface area (Å²) in [4.78, 5) is 22.9. The maximum Gasteiger partial charge on any atom is 0.275 e. The average molecular weight is 219 g/mol. The molecule has 1 amide bonds. The monoisotopic (exact) mass is 218 g/mol. The largest absolute Gasteiger partial charge is 0.275 e. The quantitative estimate of drug-likeness (QED) is 0.366. The highest BCUT2D eigenvalue weighted by molar-refractivity contribution is 9.10. The average Bonchev–Trinajstić information content (AvgIpc) is 1.94. The molecule has 6 heteroatoms. The molecule has 0 aromatic carbocycles. The molecule has 0 spiro atoms. The lowest BCUT2D eigenvalue weighted by atomic mass is 10.2. The number of hydrogen-bond donors (Lipinski definition) is 0. The first-order valence-corrected chi connectivity index (χ1v) is 3.61. The fraction of sp³-hybridized carbons (Fsp3) is 0.200. The number of dihydropyridines is 1. The topological polar surface area (TPSA) is 72.6 Å². The summed E-state index contributed by atoms with van der Waals surface area (Å²) in [5.74, 6) is -0.590. The Hall–Kier alpha value is -1.04. The lowest BCUT2D eigenvalue weighted by molar-refractivity contribution is -0.425. The lowest BCUT2D eigenvalue weighted by Crippen LogP contribution is -2.18. The zero-order chi connectivity index (χ0) is 8.43. The Morgan fingerprint density at radius 3 is 2.82 bits per heavy atom. The third-order valence-electron chi connectivity index (χ3n) is 1.10. The van der Waals surface area contributed by atoms with E-state index in [1.807, 2.05) is 0 Å². The van der Waals surface area contributed by atoms with Gasteiger partial charge in [0, 0.05) is 6.21 Å². The Kier molecular flexibility index (Phi) is 2.13. The number of allylic oxidation sites excluding steroid dienone is 1. The molecule has 1 unspecified atom stereocenters. The summed E-state index contributed by atoms with van der Waals surface area (Å²) < 4.78 is 0. The first kappa shape index (κ1) is 8.06. The first-order valence-electron chi connectivity index (χ1n) is 2.69. The third kappa shape index (κ3) is 1.70. The van der Waals surface area contributed by atoms with Gasteiger partial charge in [0.05, 0.1) is 11.0 Å². The predicted molar refractivity (Wildman–Crippen MR) is 41.3 cm³/mol. The number of rotatable bonds is 1. The molecule has 0 aromatic heterocycles. The van der Waals surface area contributed by atoms with E-state index in [2.05, 4.69) is 20.9 Å². The van der Waals surface area contributed by atoms with Crippen molar-refractivity contribution in [1.29, 1.82) is 0 Å². The van der Waals surface area contributed by atoms with Crippen LogP contribution in [0, 0.1) is 10.1 Å². The molecule has 1 aliphatic heterocycles. The van der Waals surface area contributed by atoms with Crippen LogP contribution in [0.3, 0.4) is 0 Å². The number of hydrogen-bond acceptors (Lipinski definition) is 3. The summed E-state index contributed by atoms with van der Waals surface area (Å²) in [7, 11) is 0. The van der Waals surface area contributed by atoms with Gasteiger partial charge in [0.25, 0.3) is 11.6 Å². The van der Waals surface area contributed by atoms with E-state index >= 15 is 0 Å². The number of halogens is 1. The zero-order valence-corrected chi connectivity index (χ0v) is 6.82. The van der Waals surface area contributed by atoms with Crippen LogP contribution in [0.25, 0.3) is 0 Å². The van der Waals surface area contributed by atoms with Gasteiger partial charge in [-0.1, -0.05) is 15.9 Å². The Morgan fingerprint density at radius 2 is 2.36 bits per heavy atom. The minimum Gasteiger partial charge on any atom is -0.267 e. The second-order valence-corrected chi connectivity index (χ2v) is 2.83. The molecule has 1 aliphatic rings. The van der Waals surface area contributed by atoms with E-state index in [9.17, 15) is 14.9 Å². The van der Waals surface area contributed by atoms with Crippen LogP contribution in [-0.2, 0) is 4.79 Å². The van der Waals surface area contributed by atoms with E-state index < -0.39 is 15.7 Å². The van der Waals surface area contributed by atoms with Crippen molar-refractivity contribution < 1.29 is 9.72 Å². The second kappa shape index (κ2) is 2.91. The predicted octanol–water partition coefficient (Wildman–Crippen LogP) is 0.521. The van der Waals surface area contributed by atoms with Gasteiger partial charge in [-0.2, -0.15) is 0 Å². The fourth-order valence-electron chi connectivity index (χ4n) is 0.612. The summed E-state index contributed by atoms with van der Waals surface area (Å²) in [6.07, 6.45) is 2.10. The number of alkyl halides is 1. The van der Waals surface area contributed by atoms with Crippen LogP contribution < -0.4 is 0 Å². The number of aliphatic imine (C=N–C) groups is 1. The molecule has 0 saturated heterocycles. The van der Waals surface area contributed by atoms with Crippen molar-refractivity contribution >= 4 is 28.1 Å². The number of carbonyl (C=O) groups is 1. The van der Waals surface area contributed by atoms with Crippen LogP contribution in [0.5, 0.6) is 0 Å². The fourth-order valence-corrected chi connectivity index (χ4v) is 1.03. The van der Waals surface area contributed by atoms with Crippen molar-refractivity contribution in [3.63, 3.8) is 0 Å². The summed E-state index contributed by atoms with van der Waals surface area (Å²) in [6, 6.07) is 0. The molecule has 1 heterocycles. The molecule has 1 rings (SSSR count). The van der Waals surface area contributed by atoms with Crippen LogP contribution in [0.1, 0.15) is 0 Å². The van der Waals surface area contributed by atoms with Gasteiger partial charge in [-0.3, -0.25) is 14.9 Å². The molecule has 0 aliphatic carbocycles. The smallest absolute Gasteiger partial charge is 0.267 e. The van der Waals surface area contributed by atoms with Crippen molar-refractivity contribution in [2.45, 2.75) is 4.83 Å². The maximum atomic E-state index is 10.5. The van der Waals surface area contributed by atoms with Gasteiger partial charge in [-0.25, -0.2) is 4.99 Å². The molecule has 1 atom stereocenters. The molecular weight excluding hydrogens is 216 g/mol. The lowest BCUT2D eigenvalue weighted by Gasteiger charge is -2.02. The molecule has 0 radical (unpaired) electrons. The molecule has 58 valence electrons. The highest BCUT2D eigenvalue weighted by Gasteiger charge is 2.24. The van der Waals surface area contributed by atoms with Crippen LogP contribution in [0.15, 0.2) is 16.8 Å². The molecule has 11 heavy (non-hydrogen) atoms. The van der Waals surface area contributed by atoms with Crippen molar-refractivity contribution in [1.82, 2.24) is 0 Å². The SMILES string of the molecule is O=C1C=C([N+](=O)[O-])C(Br)C=N1. The van der Waals surface area contributed by atoms with Gasteiger partial charge >= 0.3 is 0 Å². The Morgan fingerprint density at radius 1 is 1.73 bits per heavy atom. The second-order valence-electron chi connectivity index (χ2n) is 1.84. The van der Waals surface area contributed by atoms with Crippen molar-refractivity contribution in [2.75, 3.05) is 0 Å². The summed E-state index contributed by atoms with van der Waals surface area (Å²) in [5, 5.41) is 10.2. The summed E-state index contributed by atoms with van der Waals surface area (Å²) >= 11 is 2.97. The van der Waals surface area contributed by atoms with Crippen molar-refractivity contribution in [3.05, 3.63) is 21.9 Å². The first-order chi connectivity index (χ1) is 5.11. The minimum atomic E-state index is -0.609. The van der Waals surface area contributed by atoms with Gasteiger partial charge in [0.15, 0.2) is 0 Å². The van der Waals surface area contributed by atoms with Crippen molar-refractivity contribution in [2.24, 2.45) is 4.99 Å². The van der Waals surface area contributed by atoms with E-state index in [0.29, 0.717) is 0 Å². The van der Waals surface area contributed by atoms with Crippen LogP contribution >= 0.6 is 15.9 Å². The Bertz CT molecular complexity index is 271. The normalized spacial score (nSPS) is 23.2. The van der Waals surface area contributed by atoms with Gasteiger partial charge in [0.1, 0.15) is 4.83 Å². The van der Waals surface area contributed by atoms with Gasteiger partial charge in [-0.05, 0) is 0 Å². The van der Waals surface area contributed by atoms with Crippen LogP contribution in [0.2, 0.25) is 0 Å². The maximum absolute atomic E-state index is 10.5. The van der Waals surface area contributed by atoms with E-state index in [0.717, 1.165) is 6.08 Å². The van der Waals surface area contributed by atoms with Gasteiger partial charge in [0.2, 0.25) is 0 Å². The minimum absolute atomic E-state index is 0.176. The van der Waals surface area contributed by atoms with E-state index in [-0.39, 0.29) is 5.70 Å². The molecule has 0 bridgehead atoms. The molecular formula is C5H3BrN2O3. The zero-order valence-electron chi connectivity index (χ0n) is 5.23. The molecule has 0 fully saturated rings. The Labute approximate surface area is 70.1 Å². The van der Waals surface area contributed by atoms with E-state index in [1.54, 1.807) is 0 Å². The molecule has 0 saturated carbocycles.